The van der Waals surface area contributed by atoms with Gasteiger partial charge in [0.1, 0.15) is 0 Å². The molecule has 2 rings (SSSR count). The summed E-state index contributed by atoms with van der Waals surface area (Å²) in [7, 11) is 0. The molecule has 0 radical (unpaired) electrons. The maximum absolute atomic E-state index is 11.4. The van der Waals surface area contributed by atoms with Gasteiger partial charge in [0, 0.05) is 31.4 Å². The summed E-state index contributed by atoms with van der Waals surface area (Å²) in [5.41, 5.74) is 0. The number of nitrogens with one attached hydrogen (secondary N) is 1. The zero-order chi connectivity index (χ0) is 10.7. The standard InChI is InChI=1S/C11H17N3O/c1-9-8-10(9)11(15)12-4-2-6-14-7-3-5-13-14/h3,5,7,9-10H,2,4,6,8H2,1H3,(H,12,15). The van der Waals surface area contributed by atoms with E-state index in [9.17, 15) is 4.79 Å². The van der Waals surface area contributed by atoms with Crippen LogP contribution in [-0.2, 0) is 11.3 Å². The van der Waals surface area contributed by atoms with Crippen LogP contribution in [0.1, 0.15) is 19.8 Å². The molecule has 0 spiro atoms. The molecule has 2 atom stereocenters. The van der Waals surface area contributed by atoms with E-state index in [0.717, 1.165) is 25.9 Å². The number of amides is 1. The summed E-state index contributed by atoms with van der Waals surface area (Å²) in [5, 5.41) is 7.05. The lowest BCUT2D eigenvalue weighted by atomic mass is 10.3. The molecule has 0 bridgehead atoms. The average molecular weight is 207 g/mol. The highest BCUT2D eigenvalue weighted by molar-refractivity contribution is 5.81. The van der Waals surface area contributed by atoms with Crippen molar-refractivity contribution in [2.24, 2.45) is 11.8 Å². The number of rotatable bonds is 5. The predicted molar refractivity (Wildman–Crippen MR) is 57.1 cm³/mol. The first-order valence-corrected chi connectivity index (χ1v) is 5.52. The Morgan fingerprint density at radius 2 is 2.47 bits per heavy atom. The first-order chi connectivity index (χ1) is 7.27. The molecule has 0 saturated heterocycles. The zero-order valence-electron chi connectivity index (χ0n) is 9.02. The van der Waals surface area contributed by atoms with Gasteiger partial charge in [0.15, 0.2) is 0 Å². The van der Waals surface area contributed by atoms with Gasteiger partial charge in [-0.1, -0.05) is 6.92 Å². The second-order valence-electron chi connectivity index (χ2n) is 4.23. The Kier molecular flexibility index (Phi) is 3.04. The highest BCUT2D eigenvalue weighted by atomic mass is 16.2. The summed E-state index contributed by atoms with van der Waals surface area (Å²) >= 11 is 0. The molecule has 1 saturated carbocycles. The predicted octanol–water partition coefficient (Wildman–Crippen LogP) is 1.05. The van der Waals surface area contributed by atoms with Crippen LogP contribution in [0.25, 0.3) is 0 Å². The van der Waals surface area contributed by atoms with Gasteiger partial charge in [0.2, 0.25) is 5.91 Å². The van der Waals surface area contributed by atoms with Crippen LogP contribution in [0.15, 0.2) is 18.5 Å². The van der Waals surface area contributed by atoms with Crippen LogP contribution in [0.2, 0.25) is 0 Å². The van der Waals surface area contributed by atoms with E-state index in [0.29, 0.717) is 5.92 Å². The topological polar surface area (TPSA) is 46.9 Å². The SMILES string of the molecule is CC1CC1C(=O)NCCCn1cccn1. The summed E-state index contributed by atoms with van der Waals surface area (Å²) in [5.74, 6) is 1.11. The van der Waals surface area contributed by atoms with Crippen molar-refractivity contribution in [3.05, 3.63) is 18.5 Å². The van der Waals surface area contributed by atoms with Crippen molar-refractivity contribution < 1.29 is 4.79 Å². The van der Waals surface area contributed by atoms with Crippen LogP contribution in [0.3, 0.4) is 0 Å². The maximum atomic E-state index is 11.4. The van der Waals surface area contributed by atoms with E-state index < -0.39 is 0 Å². The van der Waals surface area contributed by atoms with E-state index in [-0.39, 0.29) is 11.8 Å². The van der Waals surface area contributed by atoms with E-state index in [2.05, 4.69) is 17.3 Å². The molecule has 82 valence electrons. The summed E-state index contributed by atoms with van der Waals surface area (Å²) in [6.45, 7) is 3.74. The third-order valence-corrected chi connectivity index (χ3v) is 2.87. The molecule has 4 nitrogen and oxygen atoms in total. The van der Waals surface area contributed by atoms with Gasteiger partial charge in [0.05, 0.1) is 0 Å². The lowest BCUT2D eigenvalue weighted by molar-refractivity contribution is -0.122. The molecule has 15 heavy (non-hydrogen) atoms. The monoisotopic (exact) mass is 207 g/mol. The van der Waals surface area contributed by atoms with Crippen LogP contribution in [0, 0.1) is 11.8 Å². The van der Waals surface area contributed by atoms with Crippen LogP contribution >= 0.6 is 0 Å². The van der Waals surface area contributed by atoms with Crippen LogP contribution < -0.4 is 5.32 Å². The number of aromatic nitrogens is 2. The fourth-order valence-corrected chi connectivity index (χ4v) is 1.70. The molecular formula is C11H17N3O. The van der Waals surface area contributed by atoms with Crippen molar-refractivity contribution in [3.8, 4) is 0 Å². The maximum Gasteiger partial charge on any atom is 0.223 e. The minimum atomic E-state index is 0.225. The first kappa shape index (κ1) is 10.2. The molecule has 1 amide bonds. The number of carbonyl (C=O) groups is 1. The number of aryl methyl sites for hydroxylation is 1. The van der Waals surface area contributed by atoms with Gasteiger partial charge in [-0.15, -0.1) is 0 Å². The minimum Gasteiger partial charge on any atom is -0.356 e. The minimum absolute atomic E-state index is 0.225. The Labute approximate surface area is 89.7 Å². The van der Waals surface area contributed by atoms with E-state index in [1.807, 2.05) is 16.9 Å². The van der Waals surface area contributed by atoms with Gasteiger partial charge in [0.25, 0.3) is 0 Å². The first-order valence-electron chi connectivity index (χ1n) is 5.52. The lowest BCUT2D eigenvalue weighted by Crippen LogP contribution is -2.27. The molecule has 2 unspecified atom stereocenters. The largest absolute Gasteiger partial charge is 0.356 e. The number of hydrogen-bond acceptors (Lipinski definition) is 2. The fraction of sp³-hybridized carbons (Fsp3) is 0.636. The van der Waals surface area contributed by atoms with Gasteiger partial charge in [-0.05, 0) is 24.8 Å². The summed E-state index contributed by atoms with van der Waals surface area (Å²) in [6.07, 6.45) is 5.70. The normalized spacial score (nSPS) is 23.8. The molecule has 1 fully saturated rings. The van der Waals surface area contributed by atoms with Crippen molar-refractivity contribution in [1.82, 2.24) is 15.1 Å². The van der Waals surface area contributed by atoms with Crippen molar-refractivity contribution in [1.29, 1.82) is 0 Å². The molecule has 1 N–H and O–H groups in total. The Morgan fingerprint density at radius 1 is 1.67 bits per heavy atom. The van der Waals surface area contributed by atoms with Gasteiger partial charge in [-0.2, -0.15) is 5.10 Å². The van der Waals surface area contributed by atoms with E-state index in [1.54, 1.807) is 6.20 Å². The van der Waals surface area contributed by atoms with E-state index in [1.165, 1.54) is 0 Å². The molecular weight excluding hydrogens is 190 g/mol. The Morgan fingerprint density at radius 3 is 3.07 bits per heavy atom. The van der Waals surface area contributed by atoms with E-state index in [4.69, 9.17) is 0 Å². The van der Waals surface area contributed by atoms with Crippen molar-refractivity contribution in [3.63, 3.8) is 0 Å². The lowest BCUT2D eigenvalue weighted by Gasteiger charge is -2.04. The summed E-state index contributed by atoms with van der Waals surface area (Å²) in [6, 6.07) is 1.91. The van der Waals surface area contributed by atoms with Gasteiger partial charge in [-0.3, -0.25) is 9.48 Å². The smallest absolute Gasteiger partial charge is 0.223 e. The molecule has 0 aliphatic heterocycles. The molecule has 4 heteroatoms. The highest BCUT2D eigenvalue weighted by Gasteiger charge is 2.38. The molecule has 0 aromatic carbocycles. The molecule has 1 aliphatic rings. The molecule has 1 heterocycles. The van der Waals surface area contributed by atoms with Gasteiger partial charge < -0.3 is 5.32 Å². The van der Waals surface area contributed by atoms with Crippen LogP contribution in [-0.4, -0.2) is 22.2 Å². The molecule has 1 aromatic heterocycles. The Hall–Kier alpha value is -1.32. The van der Waals surface area contributed by atoms with Crippen LogP contribution in [0.5, 0.6) is 0 Å². The summed E-state index contributed by atoms with van der Waals surface area (Å²) in [4.78, 5) is 11.4. The zero-order valence-corrected chi connectivity index (χ0v) is 9.02. The van der Waals surface area contributed by atoms with Gasteiger partial charge in [-0.25, -0.2) is 0 Å². The van der Waals surface area contributed by atoms with Crippen molar-refractivity contribution >= 4 is 5.91 Å². The second-order valence-corrected chi connectivity index (χ2v) is 4.23. The second kappa shape index (κ2) is 4.47. The molecule has 1 aliphatic carbocycles. The fourth-order valence-electron chi connectivity index (χ4n) is 1.70. The molecule has 1 aromatic rings. The number of carbonyl (C=O) groups excluding carboxylic acids is 1. The van der Waals surface area contributed by atoms with E-state index >= 15 is 0 Å². The third-order valence-electron chi connectivity index (χ3n) is 2.87. The number of nitrogens with zero attached hydrogens (tertiary/aromatic N) is 2. The summed E-state index contributed by atoms with van der Waals surface area (Å²) < 4.78 is 1.88. The average Bonchev–Trinajstić information content (AvgIpc) is 2.77. The van der Waals surface area contributed by atoms with Gasteiger partial charge >= 0.3 is 0 Å². The van der Waals surface area contributed by atoms with Crippen molar-refractivity contribution in [2.75, 3.05) is 6.54 Å². The third kappa shape index (κ3) is 2.81. The Balaban J connectivity index is 1.57. The Bertz CT molecular complexity index is 321. The van der Waals surface area contributed by atoms with Crippen LogP contribution in [0.4, 0.5) is 0 Å². The highest BCUT2D eigenvalue weighted by Crippen LogP contribution is 2.37. The van der Waals surface area contributed by atoms with Crippen molar-refractivity contribution in [2.45, 2.75) is 26.3 Å². The quantitative estimate of drug-likeness (QED) is 0.733. The number of hydrogen-bond donors (Lipinski definition) is 1.